The van der Waals surface area contributed by atoms with E-state index in [9.17, 15) is 9.59 Å². The van der Waals surface area contributed by atoms with Crippen molar-refractivity contribution in [1.29, 1.82) is 0 Å². The lowest BCUT2D eigenvalue weighted by Gasteiger charge is -2.08. The Hall–Kier alpha value is -3.08. The third-order valence-electron chi connectivity index (χ3n) is 4.21. The maximum absolute atomic E-state index is 12.2. The molecule has 0 aliphatic carbocycles. The Labute approximate surface area is 144 Å². The van der Waals surface area contributed by atoms with Crippen molar-refractivity contribution in [3.63, 3.8) is 0 Å². The van der Waals surface area contributed by atoms with Gasteiger partial charge in [0.25, 0.3) is 0 Å². The highest BCUT2D eigenvalue weighted by molar-refractivity contribution is 5.97. The van der Waals surface area contributed by atoms with Gasteiger partial charge in [-0.2, -0.15) is 0 Å². The molecule has 0 atom stereocenters. The number of hydrogen-bond acceptors (Lipinski definition) is 5. The summed E-state index contributed by atoms with van der Waals surface area (Å²) >= 11 is 0. The third-order valence-corrected chi connectivity index (χ3v) is 4.21. The molecule has 0 bridgehead atoms. The number of ketones is 1. The van der Waals surface area contributed by atoms with Gasteiger partial charge in [0, 0.05) is 22.6 Å². The van der Waals surface area contributed by atoms with Gasteiger partial charge in [0.2, 0.25) is 0 Å². The van der Waals surface area contributed by atoms with E-state index in [4.69, 9.17) is 13.9 Å². The highest BCUT2D eigenvalue weighted by Crippen LogP contribution is 2.24. The number of methoxy groups -OCH3 is 1. The van der Waals surface area contributed by atoms with Gasteiger partial charge < -0.3 is 13.9 Å². The number of Topliss-reactive ketones (excluding diaryl/α,β-unsaturated/α-hetero) is 1. The number of hydrogen-bond donors (Lipinski definition) is 0. The Bertz CT molecular complexity index is 983. The summed E-state index contributed by atoms with van der Waals surface area (Å²) in [4.78, 5) is 24.0. The fourth-order valence-corrected chi connectivity index (χ4v) is 2.53. The number of aryl methyl sites for hydroxylation is 1. The molecule has 5 heteroatoms. The molecule has 0 aliphatic rings. The number of benzene rings is 2. The monoisotopic (exact) mass is 338 g/mol. The lowest BCUT2D eigenvalue weighted by Crippen LogP contribution is -2.11. The first-order valence-corrected chi connectivity index (χ1v) is 7.83. The minimum atomic E-state index is -0.364. The molecule has 25 heavy (non-hydrogen) atoms. The fraction of sp³-hybridized carbons (Fsp3) is 0.200. The topological polar surface area (TPSA) is 65.7 Å². The van der Waals surface area contributed by atoms with Gasteiger partial charge in [-0.3, -0.25) is 4.79 Å². The van der Waals surface area contributed by atoms with E-state index in [0.29, 0.717) is 28.2 Å². The number of rotatable bonds is 5. The van der Waals surface area contributed by atoms with Crippen LogP contribution in [0.5, 0.6) is 11.5 Å². The summed E-state index contributed by atoms with van der Waals surface area (Å²) in [5, 5.41) is 0.853. The Kier molecular flexibility index (Phi) is 4.57. The summed E-state index contributed by atoms with van der Waals surface area (Å²) in [6.07, 6.45) is 0. The molecule has 3 aromatic rings. The molecule has 5 nitrogen and oxygen atoms in total. The van der Waals surface area contributed by atoms with Gasteiger partial charge in [0.15, 0.2) is 12.4 Å². The molecule has 2 aromatic carbocycles. The predicted octanol–water partition coefficient (Wildman–Crippen LogP) is 3.68. The van der Waals surface area contributed by atoms with Crippen LogP contribution in [0.1, 0.15) is 21.5 Å². The Morgan fingerprint density at radius 2 is 1.68 bits per heavy atom. The van der Waals surface area contributed by atoms with Crippen molar-refractivity contribution in [3.8, 4) is 11.5 Å². The molecule has 3 rings (SSSR count). The van der Waals surface area contributed by atoms with E-state index in [1.54, 1.807) is 50.4 Å². The van der Waals surface area contributed by atoms with Crippen LogP contribution in [-0.2, 0) is 0 Å². The molecule has 0 saturated carbocycles. The molecule has 128 valence electrons. The maximum Gasteiger partial charge on any atom is 0.339 e. The van der Waals surface area contributed by atoms with E-state index < -0.39 is 0 Å². The van der Waals surface area contributed by atoms with Crippen LogP contribution in [0, 0.1) is 13.8 Å². The van der Waals surface area contributed by atoms with Gasteiger partial charge in [-0.1, -0.05) is 0 Å². The maximum atomic E-state index is 12.2. The normalized spacial score (nSPS) is 10.7. The largest absolute Gasteiger partial charge is 0.497 e. The van der Waals surface area contributed by atoms with Gasteiger partial charge in [-0.15, -0.1) is 0 Å². The van der Waals surface area contributed by atoms with E-state index in [1.807, 2.05) is 13.0 Å². The van der Waals surface area contributed by atoms with Gasteiger partial charge in [0.05, 0.1) is 7.11 Å². The first-order valence-electron chi connectivity index (χ1n) is 7.83. The van der Waals surface area contributed by atoms with Crippen molar-refractivity contribution in [1.82, 2.24) is 0 Å². The summed E-state index contributed by atoms with van der Waals surface area (Å²) in [7, 11) is 1.57. The summed E-state index contributed by atoms with van der Waals surface area (Å²) in [5.74, 6) is 1.01. The molecule has 0 fully saturated rings. The van der Waals surface area contributed by atoms with E-state index in [2.05, 4.69) is 0 Å². The minimum Gasteiger partial charge on any atom is -0.497 e. The summed E-state index contributed by atoms with van der Waals surface area (Å²) in [5.41, 5.74) is 2.10. The van der Waals surface area contributed by atoms with Crippen molar-refractivity contribution in [2.45, 2.75) is 13.8 Å². The second kappa shape index (κ2) is 6.81. The van der Waals surface area contributed by atoms with Crippen LogP contribution in [0.2, 0.25) is 0 Å². The SMILES string of the molecule is COc1ccc(C(=O)COc2ccc3c(C)c(C)c(=O)oc3c2)cc1. The second-order valence-corrected chi connectivity index (χ2v) is 5.74. The lowest BCUT2D eigenvalue weighted by molar-refractivity contribution is 0.0921. The fourth-order valence-electron chi connectivity index (χ4n) is 2.53. The molecule has 0 unspecified atom stereocenters. The lowest BCUT2D eigenvalue weighted by atomic mass is 10.1. The quantitative estimate of drug-likeness (QED) is 0.524. The van der Waals surface area contributed by atoms with Crippen LogP contribution < -0.4 is 15.1 Å². The third kappa shape index (κ3) is 3.40. The molecular formula is C20H18O5. The molecule has 1 aromatic heterocycles. The van der Waals surface area contributed by atoms with Crippen molar-refractivity contribution in [2.24, 2.45) is 0 Å². The van der Waals surface area contributed by atoms with Gasteiger partial charge in [0.1, 0.15) is 17.1 Å². The minimum absolute atomic E-state index is 0.104. The summed E-state index contributed by atoms with van der Waals surface area (Å²) < 4.78 is 15.9. The van der Waals surface area contributed by atoms with Crippen molar-refractivity contribution >= 4 is 16.8 Å². The zero-order valence-electron chi connectivity index (χ0n) is 14.3. The number of ether oxygens (including phenoxy) is 2. The predicted molar refractivity (Wildman–Crippen MR) is 94.8 cm³/mol. The summed E-state index contributed by atoms with van der Waals surface area (Å²) in [6.45, 7) is 3.51. The summed E-state index contributed by atoms with van der Waals surface area (Å²) in [6, 6.07) is 12.0. The molecule has 1 heterocycles. The van der Waals surface area contributed by atoms with Crippen LogP contribution in [0.3, 0.4) is 0 Å². The molecule has 0 aliphatic heterocycles. The molecule has 0 saturated heterocycles. The van der Waals surface area contributed by atoms with Crippen LogP contribution in [0.25, 0.3) is 11.0 Å². The first-order chi connectivity index (χ1) is 12.0. The zero-order chi connectivity index (χ0) is 18.0. The van der Waals surface area contributed by atoms with Gasteiger partial charge >= 0.3 is 5.63 Å². The van der Waals surface area contributed by atoms with Crippen LogP contribution >= 0.6 is 0 Å². The number of carbonyl (C=O) groups is 1. The van der Waals surface area contributed by atoms with Gasteiger partial charge in [-0.05, 0) is 55.8 Å². The van der Waals surface area contributed by atoms with E-state index in [0.717, 1.165) is 10.9 Å². The average molecular weight is 338 g/mol. The van der Waals surface area contributed by atoms with E-state index in [1.165, 1.54) is 0 Å². The molecule has 0 spiro atoms. The Morgan fingerprint density at radius 3 is 2.36 bits per heavy atom. The van der Waals surface area contributed by atoms with Gasteiger partial charge in [-0.25, -0.2) is 4.79 Å². The molecule has 0 N–H and O–H groups in total. The average Bonchev–Trinajstić information content (AvgIpc) is 2.64. The van der Waals surface area contributed by atoms with Crippen molar-refractivity contribution in [3.05, 3.63) is 69.6 Å². The Morgan fingerprint density at radius 1 is 1.00 bits per heavy atom. The van der Waals surface area contributed by atoms with E-state index >= 15 is 0 Å². The van der Waals surface area contributed by atoms with Crippen LogP contribution in [0.15, 0.2) is 51.7 Å². The Balaban J connectivity index is 1.77. The van der Waals surface area contributed by atoms with Crippen LogP contribution in [0.4, 0.5) is 0 Å². The molecule has 0 radical (unpaired) electrons. The number of carbonyl (C=O) groups excluding carboxylic acids is 1. The second-order valence-electron chi connectivity index (χ2n) is 5.74. The molecule has 0 amide bonds. The van der Waals surface area contributed by atoms with E-state index in [-0.39, 0.29) is 18.0 Å². The standard InChI is InChI=1S/C20H18O5/c1-12-13(2)20(22)25-19-10-16(8-9-17(12)19)24-11-18(21)14-4-6-15(23-3)7-5-14/h4-10H,11H2,1-3H3. The smallest absolute Gasteiger partial charge is 0.339 e. The highest BCUT2D eigenvalue weighted by Gasteiger charge is 2.10. The zero-order valence-corrected chi connectivity index (χ0v) is 14.3. The number of fused-ring (bicyclic) bond motifs is 1. The van der Waals surface area contributed by atoms with Crippen LogP contribution in [-0.4, -0.2) is 19.5 Å². The van der Waals surface area contributed by atoms with Crippen molar-refractivity contribution < 1.29 is 18.7 Å². The molecular weight excluding hydrogens is 320 g/mol. The van der Waals surface area contributed by atoms with Crippen molar-refractivity contribution in [2.75, 3.05) is 13.7 Å². The first kappa shape index (κ1) is 16.8. The highest BCUT2D eigenvalue weighted by atomic mass is 16.5.